The van der Waals surface area contributed by atoms with Gasteiger partial charge in [0.1, 0.15) is 11.4 Å². The van der Waals surface area contributed by atoms with Gasteiger partial charge in [-0.2, -0.15) is 5.10 Å². The molecule has 0 atom stereocenters. The number of benzene rings is 1. The van der Waals surface area contributed by atoms with E-state index in [1.165, 1.54) is 0 Å². The summed E-state index contributed by atoms with van der Waals surface area (Å²) in [7, 11) is 0. The Balaban J connectivity index is 2.29. The third-order valence-corrected chi connectivity index (χ3v) is 3.01. The van der Waals surface area contributed by atoms with Gasteiger partial charge in [0, 0.05) is 6.54 Å². The van der Waals surface area contributed by atoms with Crippen molar-refractivity contribution in [2.45, 2.75) is 19.8 Å². The first-order valence-electron chi connectivity index (χ1n) is 6.57. The lowest BCUT2D eigenvalue weighted by molar-refractivity contribution is 0.469. The van der Waals surface area contributed by atoms with Crippen molar-refractivity contribution in [3.63, 3.8) is 0 Å². The van der Waals surface area contributed by atoms with Crippen molar-refractivity contribution < 1.29 is 5.11 Å². The molecule has 0 fully saturated rings. The minimum absolute atomic E-state index is 0.230. The number of nitrogens with zero attached hydrogens (tertiary/aromatic N) is 2. The number of nitrogens with one attached hydrogen (secondary N) is 1. The Labute approximate surface area is 113 Å². The summed E-state index contributed by atoms with van der Waals surface area (Å²) in [6.45, 7) is 3.57. The summed E-state index contributed by atoms with van der Waals surface area (Å²) in [5.41, 5.74) is 8.24. The van der Waals surface area contributed by atoms with Gasteiger partial charge in [0.2, 0.25) is 0 Å². The molecule has 0 aliphatic rings. The van der Waals surface area contributed by atoms with E-state index < -0.39 is 0 Å². The molecule has 1 heterocycles. The summed E-state index contributed by atoms with van der Waals surface area (Å²) in [4.78, 5) is 0. The van der Waals surface area contributed by atoms with Gasteiger partial charge < -0.3 is 16.2 Å². The normalized spacial score (nSPS) is 10.6. The van der Waals surface area contributed by atoms with Crippen LogP contribution in [0.25, 0.3) is 5.69 Å². The van der Waals surface area contributed by atoms with Crippen LogP contribution in [0.5, 0.6) is 5.75 Å². The first-order chi connectivity index (χ1) is 9.27. The number of aromatic hydroxyl groups is 1. The fourth-order valence-corrected chi connectivity index (χ4v) is 2.04. The number of aromatic nitrogens is 2. The maximum absolute atomic E-state index is 9.91. The summed E-state index contributed by atoms with van der Waals surface area (Å²) < 4.78 is 1.78. The standard InChI is InChI=1S/C14H20N4O/c1-2-12-11(16-9-5-8-15)10-17-18(12)13-6-3-4-7-14(13)19/h3-4,6-7,10,16,19H,2,5,8-9,15H2,1H3. The molecule has 4 N–H and O–H groups in total. The molecule has 0 saturated heterocycles. The van der Waals surface area contributed by atoms with Crippen LogP contribution < -0.4 is 11.1 Å². The molecule has 2 rings (SSSR count). The molecule has 0 aliphatic heterocycles. The SMILES string of the molecule is CCc1c(NCCCN)cnn1-c1ccccc1O. The van der Waals surface area contributed by atoms with Gasteiger partial charge in [0.25, 0.3) is 0 Å². The van der Waals surface area contributed by atoms with Crippen LogP contribution >= 0.6 is 0 Å². The molecule has 19 heavy (non-hydrogen) atoms. The van der Waals surface area contributed by atoms with Crippen molar-refractivity contribution >= 4 is 5.69 Å². The van der Waals surface area contributed by atoms with Crippen molar-refractivity contribution in [1.29, 1.82) is 0 Å². The third kappa shape index (κ3) is 2.88. The Kier molecular flexibility index (Phi) is 4.41. The highest BCUT2D eigenvalue weighted by Crippen LogP contribution is 2.25. The second-order valence-electron chi connectivity index (χ2n) is 4.33. The summed E-state index contributed by atoms with van der Waals surface area (Å²) in [6.07, 6.45) is 3.55. The summed E-state index contributed by atoms with van der Waals surface area (Å²) in [5.74, 6) is 0.230. The van der Waals surface area contributed by atoms with E-state index in [9.17, 15) is 5.11 Å². The van der Waals surface area contributed by atoms with Gasteiger partial charge in [-0.3, -0.25) is 0 Å². The monoisotopic (exact) mass is 260 g/mol. The first kappa shape index (κ1) is 13.4. The molecule has 0 amide bonds. The second kappa shape index (κ2) is 6.24. The Bertz CT molecular complexity index is 536. The van der Waals surface area contributed by atoms with Crippen LogP contribution in [0.1, 0.15) is 19.0 Å². The van der Waals surface area contributed by atoms with Crippen LogP contribution in [-0.2, 0) is 6.42 Å². The molecule has 0 aliphatic carbocycles. The van der Waals surface area contributed by atoms with Gasteiger partial charge in [0.05, 0.1) is 17.6 Å². The lowest BCUT2D eigenvalue weighted by Crippen LogP contribution is -2.10. The molecule has 1 aromatic carbocycles. The van der Waals surface area contributed by atoms with Crippen molar-refractivity contribution in [3.8, 4) is 11.4 Å². The highest BCUT2D eigenvalue weighted by atomic mass is 16.3. The number of hydrogen-bond donors (Lipinski definition) is 3. The lowest BCUT2D eigenvalue weighted by atomic mass is 10.2. The zero-order chi connectivity index (χ0) is 13.7. The fraction of sp³-hybridized carbons (Fsp3) is 0.357. The quantitative estimate of drug-likeness (QED) is 0.693. The zero-order valence-corrected chi connectivity index (χ0v) is 11.1. The molecular formula is C14H20N4O. The van der Waals surface area contributed by atoms with E-state index in [0.29, 0.717) is 12.2 Å². The molecule has 0 radical (unpaired) electrons. The molecule has 2 aromatic rings. The number of phenols is 1. The highest BCUT2D eigenvalue weighted by molar-refractivity contribution is 5.53. The predicted molar refractivity (Wildman–Crippen MR) is 76.8 cm³/mol. The van der Waals surface area contributed by atoms with E-state index in [0.717, 1.165) is 30.8 Å². The van der Waals surface area contributed by atoms with Crippen LogP contribution in [0, 0.1) is 0 Å². The molecule has 0 bridgehead atoms. The average Bonchev–Trinajstić information content (AvgIpc) is 2.82. The summed E-state index contributed by atoms with van der Waals surface area (Å²) >= 11 is 0. The van der Waals surface area contributed by atoms with Gasteiger partial charge >= 0.3 is 0 Å². The molecule has 5 heteroatoms. The van der Waals surface area contributed by atoms with Crippen molar-refractivity contribution in [1.82, 2.24) is 9.78 Å². The number of phenolic OH excluding ortho intramolecular Hbond substituents is 1. The van der Waals surface area contributed by atoms with Gasteiger partial charge in [-0.15, -0.1) is 0 Å². The molecule has 0 spiro atoms. The van der Waals surface area contributed by atoms with Crippen LogP contribution in [0.3, 0.4) is 0 Å². The minimum atomic E-state index is 0.230. The maximum Gasteiger partial charge on any atom is 0.141 e. The van der Waals surface area contributed by atoms with E-state index in [4.69, 9.17) is 5.73 Å². The van der Waals surface area contributed by atoms with Crippen molar-refractivity contribution in [3.05, 3.63) is 36.2 Å². The van der Waals surface area contributed by atoms with E-state index in [1.807, 2.05) is 12.1 Å². The van der Waals surface area contributed by atoms with E-state index in [1.54, 1.807) is 23.0 Å². The topological polar surface area (TPSA) is 76.1 Å². The van der Waals surface area contributed by atoms with Crippen LogP contribution in [0.4, 0.5) is 5.69 Å². The molecule has 0 saturated carbocycles. The minimum Gasteiger partial charge on any atom is -0.506 e. The van der Waals surface area contributed by atoms with Crippen molar-refractivity contribution in [2.75, 3.05) is 18.4 Å². The van der Waals surface area contributed by atoms with Gasteiger partial charge in [-0.1, -0.05) is 19.1 Å². The molecular weight excluding hydrogens is 240 g/mol. The van der Waals surface area contributed by atoms with Gasteiger partial charge in [-0.25, -0.2) is 4.68 Å². The molecule has 5 nitrogen and oxygen atoms in total. The van der Waals surface area contributed by atoms with Crippen molar-refractivity contribution in [2.24, 2.45) is 5.73 Å². The molecule has 1 aromatic heterocycles. The number of rotatable bonds is 6. The Morgan fingerprint density at radius 1 is 1.37 bits per heavy atom. The number of nitrogens with two attached hydrogens (primary N) is 1. The molecule has 0 unspecified atom stereocenters. The van der Waals surface area contributed by atoms with Crippen LogP contribution in [0.15, 0.2) is 30.5 Å². The third-order valence-electron chi connectivity index (χ3n) is 3.01. The number of anilines is 1. The highest BCUT2D eigenvalue weighted by Gasteiger charge is 2.12. The number of para-hydroxylation sites is 2. The Morgan fingerprint density at radius 2 is 2.16 bits per heavy atom. The lowest BCUT2D eigenvalue weighted by Gasteiger charge is -2.10. The van der Waals surface area contributed by atoms with Gasteiger partial charge in [0.15, 0.2) is 0 Å². The fourth-order valence-electron chi connectivity index (χ4n) is 2.04. The predicted octanol–water partition coefficient (Wildman–Crippen LogP) is 1.90. The number of hydrogen-bond acceptors (Lipinski definition) is 4. The van der Waals surface area contributed by atoms with E-state index in [2.05, 4.69) is 17.3 Å². The van der Waals surface area contributed by atoms with E-state index >= 15 is 0 Å². The first-order valence-corrected chi connectivity index (χ1v) is 6.57. The average molecular weight is 260 g/mol. The molecule has 102 valence electrons. The summed E-state index contributed by atoms with van der Waals surface area (Å²) in [5, 5.41) is 17.6. The smallest absolute Gasteiger partial charge is 0.141 e. The largest absolute Gasteiger partial charge is 0.506 e. The maximum atomic E-state index is 9.91. The van der Waals surface area contributed by atoms with E-state index in [-0.39, 0.29) is 5.75 Å². The zero-order valence-electron chi connectivity index (χ0n) is 11.1. The van der Waals surface area contributed by atoms with Gasteiger partial charge in [-0.05, 0) is 31.5 Å². The Morgan fingerprint density at radius 3 is 2.84 bits per heavy atom. The second-order valence-corrected chi connectivity index (χ2v) is 4.33. The summed E-state index contributed by atoms with van der Waals surface area (Å²) in [6, 6.07) is 7.20. The van der Waals surface area contributed by atoms with Crippen LogP contribution in [0.2, 0.25) is 0 Å². The Hall–Kier alpha value is -2.01. The van der Waals surface area contributed by atoms with Crippen LogP contribution in [-0.4, -0.2) is 28.0 Å².